The molecule has 0 saturated carbocycles. The molecule has 0 atom stereocenters. The number of hydrogen-bond donors (Lipinski definition) is 1. The first-order chi connectivity index (χ1) is 13.1. The Morgan fingerprint density at radius 2 is 1.85 bits per heavy atom. The van der Waals surface area contributed by atoms with Crippen LogP contribution in [0.25, 0.3) is 5.69 Å². The van der Waals surface area contributed by atoms with Gasteiger partial charge in [0.05, 0.1) is 53.7 Å². The first-order valence-electron chi connectivity index (χ1n) is 9.40. The predicted molar refractivity (Wildman–Crippen MR) is 108 cm³/mol. The number of piperazine rings is 1. The Balaban J connectivity index is 1.47. The van der Waals surface area contributed by atoms with Crippen molar-refractivity contribution in [3.8, 4) is 5.69 Å². The molecule has 0 aliphatic carbocycles. The van der Waals surface area contributed by atoms with Crippen LogP contribution in [0.1, 0.15) is 26.6 Å². The summed E-state index contributed by atoms with van der Waals surface area (Å²) >= 11 is 1.81. The van der Waals surface area contributed by atoms with E-state index in [1.807, 2.05) is 65.1 Å². The highest BCUT2D eigenvalue weighted by Gasteiger charge is 2.28. The van der Waals surface area contributed by atoms with Crippen LogP contribution in [0.4, 0.5) is 0 Å². The fraction of sp³-hybridized carbons (Fsp3) is 0.333. The van der Waals surface area contributed by atoms with E-state index in [9.17, 15) is 4.79 Å². The minimum Gasteiger partial charge on any atom is -0.328 e. The minimum absolute atomic E-state index is 0.113. The van der Waals surface area contributed by atoms with Crippen LogP contribution >= 0.6 is 11.3 Å². The lowest BCUT2D eigenvalue weighted by molar-refractivity contribution is -0.917. The maximum absolute atomic E-state index is 13.2. The van der Waals surface area contributed by atoms with Crippen LogP contribution in [0, 0.1) is 13.8 Å². The zero-order valence-electron chi connectivity index (χ0n) is 15.8. The number of amides is 1. The second-order valence-corrected chi connectivity index (χ2v) is 8.12. The third kappa shape index (κ3) is 3.68. The molecule has 0 spiro atoms. The third-order valence-electron chi connectivity index (χ3n) is 5.27. The lowest BCUT2D eigenvalue weighted by atomic mass is 10.1. The molecular weight excluding hydrogens is 356 g/mol. The number of thiophene rings is 1. The number of aryl methyl sites for hydroxylation is 1. The van der Waals surface area contributed by atoms with E-state index >= 15 is 0 Å². The molecule has 0 radical (unpaired) electrons. The summed E-state index contributed by atoms with van der Waals surface area (Å²) in [6.45, 7) is 8.56. The highest BCUT2D eigenvalue weighted by molar-refractivity contribution is 7.09. The fourth-order valence-corrected chi connectivity index (χ4v) is 4.57. The van der Waals surface area contributed by atoms with E-state index in [0.29, 0.717) is 0 Å². The lowest BCUT2D eigenvalue weighted by Gasteiger charge is -2.32. The molecule has 27 heavy (non-hydrogen) atoms. The van der Waals surface area contributed by atoms with Crippen LogP contribution in [0.5, 0.6) is 0 Å². The molecule has 6 heteroatoms. The van der Waals surface area contributed by atoms with Crippen molar-refractivity contribution in [2.24, 2.45) is 0 Å². The van der Waals surface area contributed by atoms with Gasteiger partial charge >= 0.3 is 0 Å². The maximum Gasteiger partial charge on any atom is 0.258 e. The van der Waals surface area contributed by atoms with Crippen LogP contribution in [0.3, 0.4) is 0 Å². The van der Waals surface area contributed by atoms with E-state index in [-0.39, 0.29) is 5.91 Å². The molecule has 2 aromatic heterocycles. The van der Waals surface area contributed by atoms with E-state index in [0.717, 1.165) is 55.4 Å². The van der Waals surface area contributed by atoms with Gasteiger partial charge in [-0.25, -0.2) is 4.68 Å². The van der Waals surface area contributed by atoms with Crippen molar-refractivity contribution in [3.63, 3.8) is 0 Å². The second-order valence-electron chi connectivity index (χ2n) is 7.09. The molecule has 4 rings (SSSR count). The number of quaternary nitrogens is 1. The number of aromatic nitrogens is 2. The number of benzene rings is 1. The number of hydrogen-bond acceptors (Lipinski definition) is 3. The van der Waals surface area contributed by atoms with Gasteiger partial charge in [-0.1, -0.05) is 24.3 Å². The van der Waals surface area contributed by atoms with Crippen molar-refractivity contribution in [1.29, 1.82) is 0 Å². The molecule has 0 unspecified atom stereocenters. The number of carbonyl (C=O) groups is 1. The molecule has 0 bridgehead atoms. The molecule has 140 valence electrons. The zero-order valence-corrected chi connectivity index (χ0v) is 16.6. The van der Waals surface area contributed by atoms with Crippen LogP contribution in [0.15, 0.2) is 47.8 Å². The Hall–Kier alpha value is -2.44. The first-order valence-corrected chi connectivity index (χ1v) is 10.3. The van der Waals surface area contributed by atoms with Crippen LogP contribution in [0.2, 0.25) is 0 Å². The summed E-state index contributed by atoms with van der Waals surface area (Å²) in [6, 6.07) is 14.3. The standard InChI is InChI=1S/C21H24N4OS/c1-16-20(17(2)25(22-16)18-7-4-3-5-8-18)21(26)24-12-10-23(11-13-24)15-19-9-6-14-27-19/h3-9,14H,10-13,15H2,1-2H3/p+1. The normalized spacial score (nSPS) is 15.3. The predicted octanol–water partition coefficient (Wildman–Crippen LogP) is 2.09. The molecular formula is C21H25N4OS+. The van der Waals surface area contributed by atoms with Gasteiger partial charge in [-0.2, -0.15) is 5.10 Å². The zero-order chi connectivity index (χ0) is 18.8. The largest absolute Gasteiger partial charge is 0.328 e. The highest BCUT2D eigenvalue weighted by Crippen LogP contribution is 2.19. The molecule has 1 amide bonds. The molecule has 1 aromatic carbocycles. The Morgan fingerprint density at radius 3 is 2.52 bits per heavy atom. The van der Waals surface area contributed by atoms with Gasteiger partial charge in [-0.15, -0.1) is 11.3 Å². The lowest BCUT2D eigenvalue weighted by Crippen LogP contribution is -3.13. The Morgan fingerprint density at radius 1 is 1.11 bits per heavy atom. The number of para-hydroxylation sites is 1. The van der Waals surface area contributed by atoms with Gasteiger partial charge in [0.1, 0.15) is 6.54 Å². The second kappa shape index (κ2) is 7.66. The van der Waals surface area contributed by atoms with Crippen LogP contribution in [-0.2, 0) is 6.54 Å². The SMILES string of the molecule is Cc1nn(-c2ccccc2)c(C)c1C(=O)N1CC[NH+](Cc2cccs2)CC1. The van der Waals surface area contributed by atoms with Crippen molar-refractivity contribution in [1.82, 2.24) is 14.7 Å². The number of nitrogens with zero attached hydrogens (tertiary/aromatic N) is 3. The molecule has 3 heterocycles. The summed E-state index contributed by atoms with van der Waals surface area (Å²) in [5.74, 6) is 0.113. The van der Waals surface area contributed by atoms with Gasteiger partial charge in [0.15, 0.2) is 0 Å². The quantitative estimate of drug-likeness (QED) is 0.752. The van der Waals surface area contributed by atoms with Gasteiger partial charge < -0.3 is 9.80 Å². The van der Waals surface area contributed by atoms with Crippen molar-refractivity contribution in [3.05, 3.63) is 69.7 Å². The average molecular weight is 382 g/mol. The number of nitrogens with one attached hydrogen (secondary N) is 1. The van der Waals surface area contributed by atoms with E-state index in [4.69, 9.17) is 0 Å². The van der Waals surface area contributed by atoms with Gasteiger partial charge in [0, 0.05) is 0 Å². The topological polar surface area (TPSA) is 42.6 Å². The Kier molecular flexibility index (Phi) is 5.09. The average Bonchev–Trinajstić information content (AvgIpc) is 3.30. The van der Waals surface area contributed by atoms with E-state index < -0.39 is 0 Å². The van der Waals surface area contributed by atoms with Crippen LogP contribution in [-0.4, -0.2) is 46.8 Å². The Labute approximate surface area is 163 Å². The van der Waals surface area contributed by atoms with Gasteiger partial charge in [-0.05, 0) is 37.4 Å². The summed E-state index contributed by atoms with van der Waals surface area (Å²) in [5.41, 5.74) is 3.45. The Bertz CT molecular complexity index is 909. The van der Waals surface area contributed by atoms with E-state index in [1.54, 1.807) is 4.90 Å². The molecule has 5 nitrogen and oxygen atoms in total. The summed E-state index contributed by atoms with van der Waals surface area (Å²) in [5, 5.41) is 6.76. The molecule has 1 aliphatic heterocycles. The van der Waals surface area contributed by atoms with Crippen molar-refractivity contribution < 1.29 is 9.69 Å². The minimum atomic E-state index is 0.113. The van der Waals surface area contributed by atoms with Crippen molar-refractivity contribution in [2.45, 2.75) is 20.4 Å². The van der Waals surface area contributed by atoms with Gasteiger partial charge in [-0.3, -0.25) is 4.79 Å². The van der Waals surface area contributed by atoms with Crippen LogP contribution < -0.4 is 4.90 Å². The summed E-state index contributed by atoms with van der Waals surface area (Å²) in [7, 11) is 0. The molecule has 1 N–H and O–H groups in total. The number of carbonyl (C=O) groups excluding carboxylic acids is 1. The number of rotatable bonds is 4. The van der Waals surface area contributed by atoms with Crippen molar-refractivity contribution >= 4 is 17.2 Å². The molecule has 1 saturated heterocycles. The summed E-state index contributed by atoms with van der Waals surface area (Å²) < 4.78 is 1.88. The third-order valence-corrected chi connectivity index (χ3v) is 6.14. The highest BCUT2D eigenvalue weighted by atomic mass is 32.1. The van der Waals surface area contributed by atoms with Gasteiger partial charge in [0.2, 0.25) is 0 Å². The summed E-state index contributed by atoms with van der Waals surface area (Å²) in [4.78, 5) is 18.1. The first kappa shape index (κ1) is 17.9. The summed E-state index contributed by atoms with van der Waals surface area (Å²) in [6.07, 6.45) is 0. The molecule has 1 aliphatic rings. The smallest absolute Gasteiger partial charge is 0.258 e. The maximum atomic E-state index is 13.2. The van der Waals surface area contributed by atoms with E-state index in [1.165, 1.54) is 4.88 Å². The monoisotopic (exact) mass is 381 g/mol. The van der Waals surface area contributed by atoms with Crippen molar-refractivity contribution in [2.75, 3.05) is 26.2 Å². The molecule has 1 fully saturated rings. The van der Waals surface area contributed by atoms with Gasteiger partial charge in [0.25, 0.3) is 5.91 Å². The fourth-order valence-electron chi connectivity index (χ4n) is 3.79. The molecule has 3 aromatic rings. The van der Waals surface area contributed by atoms with E-state index in [2.05, 4.69) is 22.6 Å².